The third-order valence-corrected chi connectivity index (χ3v) is 2.40. The minimum absolute atomic E-state index is 0.0519. The van der Waals surface area contributed by atoms with Gasteiger partial charge in [-0.1, -0.05) is 0 Å². The van der Waals surface area contributed by atoms with Crippen LogP contribution >= 0.6 is 12.2 Å². The number of rotatable bonds is 4. The molecule has 0 atom stereocenters. The van der Waals surface area contributed by atoms with Gasteiger partial charge in [0.15, 0.2) is 11.0 Å². The number of amides is 2. The second-order valence-corrected chi connectivity index (χ2v) is 5.26. The van der Waals surface area contributed by atoms with Gasteiger partial charge in [0.1, 0.15) is 0 Å². The first-order valence-electron chi connectivity index (χ1n) is 5.26. The molecule has 0 aromatic rings. The third-order valence-electron chi connectivity index (χ3n) is 2.19. The fourth-order valence-electron chi connectivity index (χ4n) is 1.20. The maximum absolute atomic E-state index is 11.5. The predicted molar refractivity (Wildman–Crippen MR) is 68.6 cm³/mol. The second kappa shape index (κ2) is 5.33. The largest absolute Gasteiger partial charge is 0.329 e. The Morgan fingerprint density at radius 1 is 1.29 bits per heavy atom. The Bertz CT molecular complexity index is 353. The van der Waals surface area contributed by atoms with Crippen molar-refractivity contribution in [3.05, 3.63) is 0 Å². The predicted octanol–water partition coefficient (Wildman–Crippen LogP) is -1.09. The van der Waals surface area contributed by atoms with E-state index >= 15 is 0 Å². The molecule has 1 saturated heterocycles. The van der Waals surface area contributed by atoms with E-state index in [4.69, 9.17) is 0 Å². The average Bonchev–Trinajstić information content (AvgIpc) is 2.13. The minimum atomic E-state index is -0.880. The van der Waals surface area contributed by atoms with Crippen LogP contribution in [-0.4, -0.2) is 61.9 Å². The average molecular weight is 257 g/mol. The van der Waals surface area contributed by atoms with E-state index in [1.165, 1.54) is 6.21 Å². The molecule has 7 heteroatoms. The van der Waals surface area contributed by atoms with Crippen LogP contribution in [0.5, 0.6) is 0 Å². The van der Waals surface area contributed by atoms with Gasteiger partial charge in [-0.15, -0.1) is 0 Å². The SMILES string of the molecule is C[N+](C)(C)CCN=CC1C(=O)NC(=S)NC1=O. The van der Waals surface area contributed by atoms with Gasteiger partial charge < -0.3 is 15.1 Å². The van der Waals surface area contributed by atoms with Crippen LogP contribution in [0.15, 0.2) is 4.99 Å². The van der Waals surface area contributed by atoms with Crippen LogP contribution in [0.2, 0.25) is 0 Å². The van der Waals surface area contributed by atoms with Crippen LogP contribution in [0.1, 0.15) is 0 Å². The van der Waals surface area contributed by atoms with Crippen LogP contribution < -0.4 is 10.6 Å². The van der Waals surface area contributed by atoms with Gasteiger partial charge in [0, 0.05) is 6.21 Å². The quantitative estimate of drug-likeness (QED) is 0.291. The molecule has 1 heterocycles. The third kappa shape index (κ3) is 4.58. The van der Waals surface area contributed by atoms with Crippen molar-refractivity contribution in [1.82, 2.24) is 10.6 Å². The normalized spacial score (nSPS) is 18.4. The summed E-state index contributed by atoms with van der Waals surface area (Å²) in [4.78, 5) is 27.0. The summed E-state index contributed by atoms with van der Waals surface area (Å²) in [6, 6.07) is 0. The zero-order valence-corrected chi connectivity index (χ0v) is 11.0. The lowest BCUT2D eigenvalue weighted by atomic mass is 10.1. The lowest BCUT2D eigenvalue weighted by Crippen LogP contribution is -2.56. The number of aliphatic imine (C=N–C) groups is 1. The molecule has 1 aliphatic heterocycles. The van der Waals surface area contributed by atoms with Crippen molar-refractivity contribution in [2.45, 2.75) is 0 Å². The lowest BCUT2D eigenvalue weighted by molar-refractivity contribution is -0.868. The van der Waals surface area contributed by atoms with Crippen molar-refractivity contribution in [3.63, 3.8) is 0 Å². The molecule has 0 radical (unpaired) electrons. The molecule has 2 amide bonds. The minimum Gasteiger partial charge on any atom is -0.329 e. The number of quaternary nitrogens is 1. The Morgan fingerprint density at radius 2 is 1.82 bits per heavy atom. The molecule has 0 bridgehead atoms. The zero-order chi connectivity index (χ0) is 13.1. The van der Waals surface area contributed by atoms with E-state index in [0.29, 0.717) is 6.54 Å². The van der Waals surface area contributed by atoms with Crippen molar-refractivity contribution in [3.8, 4) is 0 Å². The zero-order valence-electron chi connectivity index (χ0n) is 10.2. The number of hydrogen-bond donors (Lipinski definition) is 2. The van der Waals surface area contributed by atoms with Crippen molar-refractivity contribution in [2.24, 2.45) is 10.9 Å². The summed E-state index contributed by atoms with van der Waals surface area (Å²) in [6.45, 7) is 1.41. The fraction of sp³-hybridized carbons (Fsp3) is 0.600. The number of hydrogen-bond acceptors (Lipinski definition) is 4. The molecule has 1 fully saturated rings. The van der Waals surface area contributed by atoms with Crippen molar-refractivity contribution >= 4 is 35.4 Å². The van der Waals surface area contributed by atoms with Gasteiger partial charge in [-0.2, -0.15) is 0 Å². The standard InChI is InChI=1S/C10H16N4O2S/c1-14(2,3)5-4-11-6-7-8(15)12-10(17)13-9(7)16/h6-7H,4-5H2,1-3H3,(H-,12,13,15,16,17)/p+1. The van der Waals surface area contributed by atoms with Crippen LogP contribution in [0.25, 0.3) is 0 Å². The molecule has 2 N–H and O–H groups in total. The molecule has 17 heavy (non-hydrogen) atoms. The van der Waals surface area contributed by atoms with Gasteiger partial charge in [0.2, 0.25) is 11.8 Å². The first-order chi connectivity index (χ1) is 7.79. The molecule has 0 saturated carbocycles. The highest BCUT2D eigenvalue weighted by Gasteiger charge is 2.30. The maximum Gasteiger partial charge on any atom is 0.244 e. The summed E-state index contributed by atoms with van der Waals surface area (Å²) in [6.07, 6.45) is 1.38. The number of nitrogens with zero attached hydrogens (tertiary/aromatic N) is 2. The summed E-state index contributed by atoms with van der Waals surface area (Å²) >= 11 is 4.69. The number of carbonyl (C=O) groups excluding carboxylic acids is 2. The number of likely N-dealkylation sites (N-methyl/N-ethyl adjacent to an activating group) is 1. The van der Waals surface area contributed by atoms with Gasteiger partial charge in [-0.05, 0) is 12.2 Å². The summed E-state index contributed by atoms with van der Waals surface area (Å²) in [5.74, 6) is -1.73. The monoisotopic (exact) mass is 257 g/mol. The van der Waals surface area contributed by atoms with Gasteiger partial charge >= 0.3 is 0 Å². The topological polar surface area (TPSA) is 70.6 Å². The summed E-state index contributed by atoms with van der Waals surface area (Å²) in [5.41, 5.74) is 0. The number of nitrogens with one attached hydrogen (secondary N) is 2. The van der Waals surface area contributed by atoms with Crippen molar-refractivity contribution in [2.75, 3.05) is 34.2 Å². The van der Waals surface area contributed by atoms with E-state index in [9.17, 15) is 9.59 Å². The highest BCUT2D eigenvalue weighted by molar-refractivity contribution is 7.80. The molecule has 1 rings (SSSR count). The Kier molecular flexibility index (Phi) is 4.30. The molecule has 0 spiro atoms. The smallest absolute Gasteiger partial charge is 0.244 e. The van der Waals surface area contributed by atoms with Crippen LogP contribution in [0, 0.1) is 5.92 Å². The van der Waals surface area contributed by atoms with Gasteiger partial charge in [-0.3, -0.25) is 14.6 Å². The van der Waals surface area contributed by atoms with E-state index in [-0.39, 0.29) is 5.11 Å². The number of carbonyl (C=O) groups is 2. The summed E-state index contributed by atoms with van der Waals surface area (Å²) in [7, 11) is 6.15. The van der Waals surface area contributed by atoms with Gasteiger partial charge in [-0.25, -0.2) is 0 Å². The highest BCUT2D eigenvalue weighted by atomic mass is 32.1. The Labute approximate surface area is 106 Å². The Balaban J connectivity index is 2.50. The fourth-order valence-corrected chi connectivity index (χ4v) is 1.40. The number of thiocarbonyl (C=S) groups is 1. The first-order valence-corrected chi connectivity index (χ1v) is 5.66. The molecule has 94 valence electrons. The van der Waals surface area contributed by atoms with E-state index in [2.05, 4.69) is 27.8 Å². The molecular formula is C10H17N4O2S+. The summed E-state index contributed by atoms with van der Waals surface area (Å²) in [5, 5.41) is 4.82. The van der Waals surface area contributed by atoms with E-state index < -0.39 is 17.7 Å². The molecule has 6 nitrogen and oxygen atoms in total. The van der Waals surface area contributed by atoms with Crippen LogP contribution in [-0.2, 0) is 9.59 Å². The lowest BCUT2D eigenvalue weighted by Gasteiger charge is -2.23. The molecule has 1 aliphatic rings. The van der Waals surface area contributed by atoms with E-state index in [1.54, 1.807) is 0 Å². The molecule has 0 aromatic heterocycles. The molecule has 0 unspecified atom stereocenters. The maximum atomic E-state index is 11.5. The van der Waals surface area contributed by atoms with E-state index in [0.717, 1.165) is 11.0 Å². The molecular weight excluding hydrogens is 240 g/mol. The summed E-state index contributed by atoms with van der Waals surface area (Å²) < 4.78 is 0.782. The molecule has 0 aromatic carbocycles. The van der Waals surface area contributed by atoms with E-state index in [1.807, 2.05) is 21.1 Å². The van der Waals surface area contributed by atoms with Gasteiger partial charge in [0.25, 0.3) is 0 Å². The van der Waals surface area contributed by atoms with Crippen LogP contribution in [0.4, 0.5) is 0 Å². The van der Waals surface area contributed by atoms with Crippen LogP contribution in [0.3, 0.4) is 0 Å². The first kappa shape index (κ1) is 13.7. The highest BCUT2D eigenvalue weighted by Crippen LogP contribution is 1.99. The van der Waals surface area contributed by atoms with Crippen molar-refractivity contribution in [1.29, 1.82) is 0 Å². The second-order valence-electron chi connectivity index (χ2n) is 4.85. The van der Waals surface area contributed by atoms with Gasteiger partial charge in [0.05, 0.1) is 34.2 Å². The molecule has 0 aliphatic carbocycles. The Morgan fingerprint density at radius 3 is 2.29 bits per heavy atom. The van der Waals surface area contributed by atoms with Crippen molar-refractivity contribution < 1.29 is 14.1 Å². The Hall–Kier alpha value is -1.34.